The Kier molecular flexibility index (Phi) is 3.04. The molecule has 0 heterocycles. The summed E-state index contributed by atoms with van der Waals surface area (Å²) in [5, 5.41) is 0.401. The lowest BCUT2D eigenvalue weighted by atomic mass is 10.3. The van der Waals surface area contributed by atoms with Gasteiger partial charge in [0.05, 0.1) is 8.07 Å². The van der Waals surface area contributed by atoms with Crippen molar-refractivity contribution in [3.8, 4) is 0 Å². The lowest BCUT2D eigenvalue weighted by Crippen LogP contribution is -2.40. The standard InChI is InChI=1S/C9H13FO3SSi/c1-15(2,3)8-6-4-5-7(9(8)10)14(11,12)13/h4-6H,1-3H3,(H,11,12,13). The molecule has 0 bridgehead atoms. The molecule has 0 saturated heterocycles. The van der Waals surface area contributed by atoms with Crippen molar-refractivity contribution >= 4 is 23.4 Å². The molecule has 3 nitrogen and oxygen atoms in total. The van der Waals surface area contributed by atoms with Gasteiger partial charge in [-0.3, -0.25) is 4.55 Å². The smallest absolute Gasteiger partial charge is 0.282 e. The summed E-state index contributed by atoms with van der Waals surface area (Å²) in [6.07, 6.45) is 0. The third-order valence-corrected chi connectivity index (χ3v) is 4.92. The maximum Gasteiger partial charge on any atom is 0.297 e. The van der Waals surface area contributed by atoms with E-state index in [4.69, 9.17) is 4.55 Å². The molecule has 0 unspecified atom stereocenters. The number of hydrogen-bond donors (Lipinski definition) is 1. The summed E-state index contributed by atoms with van der Waals surface area (Å²) >= 11 is 0. The predicted octanol–water partition coefficient (Wildman–Crippen LogP) is 1.62. The Labute approximate surface area is 89.7 Å². The lowest BCUT2D eigenvalue weighted by molar-refractivity contribution is 0.474. The molecule has 0 spiro atoms. The summed E-state index contributed by atoms with van der Waals surface area (Å²) < 4.78 is 44.3. The van der Waals surface area contributed by atoms with Crippen molar-refractivity contribution in [2.75, 3.05) is 0 Å². The van der Waals surface area contributed by atoms with E-state index >= 15 is 0 Å². The van der Waals surface area contributed by atoms with E-state index in [9.17, 15) is 12.8 Å². The van der Waals surface area contributed by atoms with E-state index in [0.717, 1.165) is 6.07 Å². The zero-order valence-electron chi connectivity index (χ0n) is 8.78. The Morgan fingerprint density at radius 2 is 1.80 bits per heavy atom. The quantitative estimate of drug-likeness (QED) is 0.639. The molecule has 84 valence electrons. The van der Waals surface area contributed by atoms with E-state index in [1.54, 1.807) is 6.07 Å². The summed E-state index contributed by atoms with van der Waals surface area (Å²) in [5.74, 6) is -0.820. The van der Waals surface area contributed by atoms with Crippen molar-refractivity contribution in [1.29, 1.82) is 0 Å². The summed E-state index contributed by atoms with van der Waals surface area (Å²) in [6, 6.07) is 4.07. The Morgan fingerprint density at radius 1 is 1.27 bits per heavy atom. The van der Waals surface area contributed by atoms with E-state index in [2.05, 4.69) is 0 Å². The minimum absolute atomic E-state index is 0.401. The van der Waals surface area contributed by atoms with E-state index in [0.29, 0.717) is 5.19 Å². The fourth-order valence-corrected chi connectivity index (χ4v) is 3.36. The molecule has 0 aromatic heterocycles. The summed E-state index contributed by atoms with van der Waals surface area (Å²) in [7, 11) is -6.41. The number of benzene rings is 1. The van der Waals surface area contributed by atoms with Gasteiger partial charge in [0.2, 0.25) is 0 Å². The van der Waals surface area contributed by atoms with Gasteiger partial charge in [0.15, 0.2) is 0 Å². The largest absolute Gasteiger partial charge is 0.297 e. The van der Waals surface area contributed by atoms with Gasteiger partial charge in [0.1, 0.15) is 10.7 Å². The van der Waals surface area contributed by atoms with Crippen LogP contribution in [-0.2, 0) is 10.1 Å². The highest BCUT2D eigenvalue weighted by Gasteiger charge is 2.25. The van der Waals surface area contributed by atoms with Crippen LogP contribution in [0, 0.1) is 5.82 Å². The molecule has 1 rings (SSSR count). The molecule has 15 heavy (non-hydrogen) atoms. The first-order valence-electron chi connectivity index (χ1n) is 4.40. The first kappa shape index (κ1) is 12.3. The second-order valence-electron chi connectivity index (χ2n) is 4.34. The Morgan fingerprint density at radius 3 is 2.20 bits per heavy atom. The SMILES string of the molecule is C[Si](C)(C)c1cccc(S(=O)(=O)O)c1F. The zero-order chi connectivity index (χ0) is 11.9. The first-order valence-corrected chi connectivity index (χ1v) is 9.34. The van der Waals surface area contributed by atoms with E-state index in [1.165, 1.54) is 6.07 Å². The average Bonchev–Trinajstić information content (AvgIpc) is 1.99. The Bertz CT molecular complexity index is 477. The molecular weight excluding hydrogens is 235 g/mol. The third-order valence-electron chi connectivity index (χ3n) is 2.05. The lowest BCUT2D eigenvalue weighted by Gasteiger charge is -2.18. The minimum Gasteiger partial charge on any atom is -0.282 e. The third kappa shape index (κ3) is 2.64. The minimum atomic E-state index is -4.47. The molecule has 0 aliphatic rings. The Balaban J connectivity index is 3.51. The van der Waals surface area contributed by atoms with Crippen molar-refractivity contribution in [1.82, 2.24) is 0 Å². The summed E-state index contributed by atoms with van der Waals surface area (Å²) in [4.78, 5) is -0.637. The predicted molar refractivity (Wildman–Crippen MR) is 59.2 cm³/mol. The topological polar surface area (TPSA) is 54.4 Å². The van der Waals surface area contributed by atoms with Crippen LogP contribution in [-0.4, -0.2) is 21.0 Å². The molecular formula is C9H13FO3SSi. The maximum absolute atomic E-state index is 13.8. The van der Waals surface area contributed by atoms with Crippen LogP contribution in [0.5, 0.6) is 0 Å². The van der Waals surface area contributed by atoms with E-state index in [1.807, 2.05) is 19.6 Å². The van der Waals surface area contributed by atoms with Gasteiger partial charge < -0.3 is 0 Å². The molecule has 0 radical (unpaired) electrons. The van der Waals surface area contributed by atoms with Crippen LogP contribution in [0.3, 0.4) is 0 Å². The molecule has 0 aliphatic heterocycles. The van der Waals surface area contributed by atoms with Crippen LogP contribution in [0.1, 0.15) is 0 Å². The van der Waals surface area contributed by atoms with Crippen molar-refractivity contribution in [2.45, 2.75) is 24.5 Å². The maximum atomic E-state index is 13.8. The second kappa shape index (κ2) is 3.69. The number of halogens is 1. The van der Waals surface area contributed by atoms with Gasteiger partial charge in [-0.15, -0.1) is 0 Å². The second-order valence-corrected chi connectivity index (χ2v) is 10.8. The van der Waals surface area contributed by atoms with Gasteiger partial charge in [0.25, 0.3) is 10.1 Å². The van der Waals surface area contributed by atoms with Gasteiger partial charge in [-0.25, -0.2) is 4.39 Å². The number of hydrogen-bond acceptors (Lipinski definition) is 2. The molecule has 0 atom stereocenters. The molecule has 0 aliphatic carbocycles. The van der Waals surface area contributed by atoms with Crippen molar-refractivity contribution in [3.63, 3.8) is 0 Å². The van der Waals surface area contributed by atoms with E-state index < -0.39 is 28.9 Å². The van der Waals surface area contributed by atoms with Gasteiger partial charge in [-0.1, -0.05) is 31.8 Å². The van der Waals surface area contributed by atoms with E-state index in [-0.39, 0.29) is 0 Å². The van der Waals surface area contributed by atoms with Crippen LogP contribution in [0.2, 0.25) is 19.6 Å². The molecule has 0 fully saturated rings. The molecule has 6 heteroatoms. The van der Waals surface area contributed by atoms with Crippen LogP contribution >= 0.6 is 0 Å². The van der Waals surface area contributed by atoms with Gasteiger partial charge in [0, 0.05) is 0 Å². The van der Waals surface area contributed by atoms with Gasteiger partial charge >= 0.3 is 0 Å². The van der Waals surface area contributed by atoms with Crippen LogP contribution in [0.4, 0.5) is 4.39 Å². The van der Waals surface area contributed by atoms with Gasteiger partial charge in [-0.05, 0) is 11.3 Å². The average molecular weight is 248 g/mol. The number of rotatable bonds is 2. The monoisotopic (exact) mass is 248 g/mol. The highest BCUT2D eigenvalue weighted by molar-refractivity contribution is 7.85. The first-order chi connectivity index (χ1) is 6.64. The molecule has 1 N–H and O–H groups in total. The summed E-state index contributed by atoms with van der Waals surface area (Å²) in [5.41, 5.74) is 0. The van der Waals surface area contributed by atoms with Crippen molar-refractivity contribution < 1.29 is 17.4 Å². The van der Waals surface area contributed by atoms with Crippen LogP contribution in [0.15, 0.2) is 23.1 Å². The zero-order valence-corrected chi connectivity index (χ0v) is 10.6. The fraction of sp³-hybridized carbons (Fsp3) is 0.333. The fourth-order valence-electron chi connectivity index (χ4n) is 1.29. The Hall–Kier alpha value is -0.723. The molecule has 0 amide bonds. The highest BCUT2D eigenvalue weighted by Crippen LogP contribution is 2.15. The highest BCUT2D eigenvalue weighted by atomic mass is 32.2. The van der Waals surface area contributed by atoms with Gasteiger partial charge in [-0.2, -0.15) is 8.42 Å². The molecule has 0 saturated carbocycles. The van der Waals surface area contributed by atoms with Crippen molar-refractivity contribution in [2.24, 2.45) is 0 Å². The normalized spacial score (nSPS) is 12.9. The molecule has 1 aromatic rings. The molecule has 1 aromatic carbocycles. The summed E-state index contributed by atoms with van der Waals surface area (Å²) in [6.45, 7) is 5.71. The van der Waals surface area contributed by atoms with Crippen LogP contribution in [0.25, 0.3) is 0 Å². The van der Waals surface area contributed by atoms with Crippen molar-refractivity contribution in [3.05, 3.63) is 24.0 Å². The van der Waals surface area contributed by atoms with Crippen LogP contribution < -0.4 is 5.19 Å².